The predicted octanol–water partition coefficient (Wildman–Crippen LogP) is 2.40. The molecule has 0 aromatic rings. The zero-order valence-corrected chi connectivity index (χ0v) is 18.9. The Morgan fingerprint density at radius 3 is 2.26 bits per heavy atom. The first-order valence-electron chi connectivity index (χ1n) is 10.1. The van der Waals surface area contributed by atoms with Crippen LogP contribution in [0.2, 0.25) is 0 Å². The third-order valence-corrected chi connectivity index (χ3v) is 6.35. The van der Waals surface area contributed by atoms with Gasteiger partial charge in [0, 0.05) is 26.7 Å². The highest BCUT2D eigenvalue weighted by molar-refractivity contribution is 14.0. The Labute approximate surface area is 179 Å². The van der Waals surface area contributed by atoms with Crippen molar-refractivity contribution in [3.05, 3.63) is 12.2 Å². The summed E-state index contributed by atoms with van der Waals surface area (Å²) in [5, 5.41) is 6.64. The maximum atomic E-state index is 12.6. The molecule has 2 aliphatic carbocycles. The normalized spacial score (nSPS) is 28.7. The molecule has 1 saturated heterocycles. The topological polar surface area (TPSA) is 73.8 Å². The van der Waals surface area contributed by atoms with E-state index in [1.165, 1.54) is 4.90 Å². The van der Waals surface area contributed by atoms with Gasteiger partial charge in [-0.25, -0.2) is 0 Å². The van der Waals surface area contributed by atoms with Crippen molar-refractivity contribution in [1.82, 2.24) is 15.5 Å². The molecule has 2 N–H and O–H groups in total. The van der Waals surface area contributed by atoms with E-state index in [1.54, 1.807) is 7.05 Å². The third-order valence-electron chi connectivity index (χ3n) is 6.35. The third kappa shape index (κ3) is 4.49. The standard InChI is InChI=1S/C20H32N4O2.HI/c1-4-13(5-2)12-23-20(21-3)22-9-6-10-24-18(25)16-14-7-8-15(11-14)17(16)19(24)26;/h7-8,13-17H,4-6,9-12H2,1-3H3,(H2,21,22,23);1H. The number of rotatable bonds is 8. The molecule has 1 saturated carbocycles. The van der Waals surface area contributed by atoms with Crippen molar-refractivity contribution in [2.24, 2.45) is 34.6 Å². The van der Waals surface area contributed by atoms with Crippen molar-refractivity contribution >= 4 is 41.8 Å². The van der Waals surface area contributed by atoms with Crippen molar-refractivity contribution in [2.75, 3.05) is 26.7 Å². The molecule has 152 valence electrons. The van der Waals surface area contributed by atoms with Crippen LogP contribution in [0.15, 0.2) is 17.1 Å². The van der Waals surface area contributed by atoms with Crippen LogP contribution in [-0.4, -0.2) is 49.4 Å². The number of allylic oxidation sites excluding steroid dienone is 2. The highest BCUT2D eigenvalue weighted by Gasteiger charge is 2.58. The Hall–Kier alpha value is -1.12. The van der Waals surface area contributed by atoms with E-state index in [1.807, 2.05) is 0 Å². The smallest absolute Gasteiger partial charge is 0.233 e. The van der Waals surface area contributed by atoms with Gasteiger partial charge in [-0.2, -0.15) is 0 Å². The number of hydrogen-bond donors (Lipinski definition) is 2. The Kier molecular flexibility index (Phi) is 8.12. The molecule has 7 heteroatoms. The lowest BCUT2D eigenvalue weighted by atomic mass is 9.85. The van der Waals surface area contributed by atoms with Crippen molar-refractivity contribution in [3.63, 3.8) is 0 Å². The molecule has 2 bridgehead atoms. The molecule has 4 unspecified atom stereocenters. The van der Waals surface area contributed by atoms with Gasteiger partial charge in [0.05, 0.1) is 11.8 Å². The van der Waals surface area contributed by atoms with Gasteiger partial charge in [-0.05, 0) is 30.6 Å². The fraction of sp³-hybridized carbons (Fsp3) is 0.750. The van der Waals surface area contributed by atoms with Gasteiger partial charge in [-0.1, -0.05) is 38.8 Å². The Balaban J connectivity index is 0.00000261. The zero-order valence-electron chi connectivity index (χ0n) is 16.6. The molecule has 4 atom stereocenters. The first kappa shape index (κ1) is 22.2. The fourth-order valence-corrected chi connectivity index (χ4v) is 4.67. The summed E-state index contributed by atoms with van der Waals surface area (Å²) in [4.78, 5) is 31.0. The Morgan fingerprint density at radius 1 is 1.15 bits per heavy atom. The highest BCUT2D eigenvalue weighted by atomic mass is 127. The lowest BCUT2D eigenvalue weighted by Gasteiger charge is -2.19. The molecular weight excluding hydrogens is 455 g/mol. The summed E-state index contributed by atoms with van der Waals surface area (Å²) in [5.41, 5.74) is 0. The van der Waals surface area contributed by atoms with Crippen LogP contribution >= 0.6 is 24.0 Å². The summed E-state index contributed by atoms with van der Waals surface area (Å²) in [5.74, 6) is 1.95. The van der Waals surface area contributed by atoms with Gasteiger partial charge in [-0.15, -0.1) is 24.0 Å². The van der Waals surface area contributed by atoms with Gasteiger partial charge >= 0.3 is 0 Å². The number of carbonyl (C=O) groups is 2. The minimum Gasteiger partial charge on any atom is -0.356 e. The number of hydrogen-bond acceptors (Lipinski definition) is 3. The maximum Gasteiger partial charge on any atom is 0.233 e. The van der Waals surface area contributed by atoms with Crippen molar-refractivity contribution < 1.29 is 9.59 Å². The number of nitrogens with one attached hydrogen (secondary N) is 2. The predicted molar refractivity (Wildman–Crippen MR) is 118 cm³/mol. The van der Waals surface area contributed by atoms with Crippen LogP contribution < -0.4 is 10.6 Å². The van der Waals surface area contributed by atoms with Crippen LogP contribution in [0.4, 0.5) is 0 Å². The van der Waals surface area contributed by atoms with E-state index in [2.05, 4.69) is 41.6 Å². The molecule has 0 spiro atoms. The highest BCUT2D eigenvalue weighted by Crippen LogP contribution is 2.52. The summed E-state index contributed by atoms with van der Waals surface area (Å²) >= 11 is 0. The van der Waals surface area contributed by atoms with Crippen LogP contribution in [0.3, 0.4) is 0 Å². The summed E-state index contributed by atoms with van der Waals surface area (Å²) in [6, 6.07) is 0. The number of amides is 2. The van der Waals surface area contributed by atoms with Crippen LogP contribution in [0.5, 0.6) is 0 Å². The first-order valence-corrected chi connectivity index (χ1v) is 10.1. The average Bonchev–Trinajstić information content (AvgIpc) is 3.33. The number of imide groups is 1. The van der Waals surface area contributed by atoms with Crippen LogP contribution in [0.1, 0.15) is 39.5 Å². The van der Waals surface area contributed by atoms with Crippen LogP contribution in [0, 0.1) is 29.6 Å². The Morgan fingerprint density at radius 2 is 1.74 bits per heavy atom. The van der Waals surface area contributed by atoms with E-state index >= 15 is 0 Å². The van der Waals surface area contributed by atoms with E-state index in [9.17, 15) is 9.59 Å². The second-order valence-corrected chi connectivity index (χ2v) is 7.74. The van der Waals surface area contributed by atoms with Crippen molar-refractivity contribution in [3.8, 4) is 0 Å². The summed E-state index contributed by atoms with van der Waals surface area (Å²) in [7, 11) is 1.76. The van der Waals surface area contributed by atoms with Crippen molar-refractivity contribution in [1.29, 1.82) is 0 Å². The van der Waals surface area contributed by atoms with E-state index in [0.717, 1.165) is 38.2 Å². The lowest BCUT2D eigenvalue weighted by molar-refractivity contribution is -0.140. The molecule has 3 aliphatic rings. The van der Waals surface area contributed by atoms with Gasteiger partial charge in [-0.3, -0.25) is 19.5 Å². The van der Waals surface area contributed by atoms with Gasteiger partial charge in [0.15, 0.2) is 5.96 Å². The minimum absolute atomic E-state index is 0. The molecule has 2 amide bonds. The molecule has 0 aromatic carbocycles. The molecule has 0 radical (unpaired) electrons. The van der Waals surface area contributed by atoms with E-state index in [4.69, 9.17) is 0 Å². The molecular formula is C20H33IN4O2. The minimum atomic E-state index is -0.0834. The number of halogens is 1. The van der Waals surface area contributed by atoms with Crippen LogP contribution in [-0.2, 0) is 9.59 Å². The Bertz CT molecular complexity index is 573. The molecule has 2 fully saturated rings. The summed E-state index contributed by atoms with van der Waals surface area (Å²) in [6.45, 7) is 6.51. The molecule has 1 heterocycles. The molecule has 0 aromatic heterocycles. The number of guanidine groups is 1. The van der Waals surface area contributed by atoms with Gasteiger partial charge in [0.25, 0.3) is 0 Å². The molecule has 6 nitrogen and oxygen atoms in total. The van der Waals surface area contributed by atoms with Crippen LogP contribution in [0.25, 0.3) is 0 Å². The second kappa shape index (κ2) is 9.89. The summed E-state index contributed by atoms with van der Waals surface area (Å²) < 4.78 is 0. The SMILES string of the molecule is CCC(CC)CNC(=NC)NCCCN1C(=O)C2C3C=CC(C3)C2C1=O.I. The quantitative estimate of drug-likeness (QED) is 0.138. The van der Waals surface area contributed by atoms with E-state index in [-0.39, 0.29) is 59.5 Å². The van der Waals surface area contributed by atoms with Gasteiger partial charge in [0.1, 0.15) is 0 Å². The maximum absolute atomic E-state index is 12.6. The van der Waals surface area contributed by atoms with E-state index < -0.39 is 0 Å². The second-order valence-electron chi connectivity index (χ2n) is 7.74. The van der Waals surface area contributed by atoms with Gasteiger partial charge < -0.3 is 10.6 Å². The molecule has 3 rings (SSSR count). The number of nitrogens with zero attached hydrogens (tertiary/aromatic N) is 2. The monoisotopic (exact) mass is 488 g/mol. The number of carbonyl (C=O) groups excluding carboxylic acids is 2. The number of likely N-dealkylation sites (tertiary alicyclic amines) is 1. The summed E-state index contributed by atoms with van der Waals surface area (Å²) in [6.07, 6.45) is 8.30. The zero-order chi connectivity index (χ0) is 18.7. The largest absolute Gasteiger partial charge is 0.356 e. The first-order chi connectivity index (χ1) is 12.6. The van der Waals surface area contributed by atoms with Crippen molar-refractivity contribution in [2.45, 2.75) is 39.5 Å². The molecule has 27 heavy (non-hydrogen) atoms. The fourth-order valence-electron chi connectivity index (χ4n) is 4.67. The number of fused-ring (bicyclic) bond motifs is 5. The average molecular weight is 488 g/mol. The van der Waals surface area contributed by atoms with E-state index in [0.29, 0.717) is 19.0 Å². The van der Waals surface area contributed by atoms with Gasteiger partial charge in [0.2, 0.25) is 11.8 Å². The molecule has 1 aliphatic heterocycles. The number of aliphatic imine (C=N–C) groups is 1. The lowest BCUT2D eigenvalue weighted by Crippen LogP contribution is -2.41.